The van der Waals surface area contributed by atoms with Gasteiger partial charge in [0.1, 0.15) is 10.8 Å². The molecule has 0 aliphatic carbocycles. The molecule has 4 heterocycles. The van der Waals surface area contributed by atoms with Crippen LogP contribution in [0, 0.1) is 13.8 Å². The molecule has 0 radical (unpaired) electrons. The van der Waals surface area contributed by atoms with E-state index in [-0.39, 0.29) is 0 Å². The second-order valence-corrected chi connectivity index (χ2v) is 8.99. The normalized spacial score (nSPS) is 12.0. The van der Waals surface area contributed by atoms with Gasteiger partial charge in [0.25, 0.3) is 0 Å². The van der Waals surface area contributed by atoms with Gasteiger partial charge in [0.15, 0.2) is 5.65 Å². The van der Waals surface area contributed by atoms with Gasteiger partial charge in [-0.15, -0.1) is 11.3 Å². The Morgan fingerprint density at radius 1 is 1.19 bits per heavy atom. The third-order valence-corrected chi connectivity index (χ3v) is 7.39. The van der Waals surface area contributed by atoms with E-state index in [9.17, 15) is 0 Å². The smallest absolute Gasteiger partial charge is 0.158 e. The summed E-state index contributed by atoms with van der Waals surface area (Å²) in [5.74, 6) is 0.482. The van der Waals surface area contributed by atoms with Gasteiger partial charge in [0.05, 0.1) is 31.0 Å². The van der Waals surface area contributed by atoms with E-state index in [0.717, 1.165) is 55.1 Å². The first-order valence-electron chi connectivity index (χ1n) is 9.06. The third-order valence-electron chi connectivity index (χ3n) is 4.99. The minimum Gasteiger partial charge on any atom is -0.234 e. The molecule has 0 aliphatic heterocycles. The van der Waals surface area contributed by atoms with Crippen molar-refractivity contribution in [3.8, 4) is 10.6 Å². The van der Waals surface area contributed by atoms with E-state index in [0.29, 0.717) is 11.1 Å². The van der Waals surface area contributed by atoms with Gasteiger partial charge in [0.2, 0.25) is 0 Å². The number of imidazole rings is 1. The molecule has 0 saturated heterocycles. The first-order valence-corrected chi connectivity index (χ1v) is 11.0. The molecule has 0 aliphatic rings. The van der Waals surface area contributed by atoms with Crippen molar-refractivity contribution in [2.45, 2.75) is 46.5 Å². The van der Waals surface area contributed by atoms with Crippen molar-refractivity contribution in [1.29, 1.82) is 0 Å². The largest absolute Gasteiger partial charge is 0.234 e. The van der Waals surface area contributed by atoms with Crippen LogP contribution in [0.2, 0.25) is 5.15 Å². The molecule has 0 N–H and O–H groups in total. The molecule has 0 unspecified atom stereocenters. The van der Waals surface area contributed by atoms with E-state index in [1.807, 2.05) is 30.5 Å². The third kappa shape index (κ3) is 3.08. The van der Waals surface area contributed by atoms with Crippen LogP contribution in [0.15, 0.2) is 22.7 Å². The Kier molecular flexibility index (Phi) is 4.99. The quantitative estimate of drug-likeness (QED) is 0.308. The average molecular weight is 464 g/mol. The number of aromatic nitrogens is 4. The van der Waals surface area contributed by atoms with Crippen LogP contribution in [-0.2, 0) is 0 Å². The molecule has 0 amide bonds. The number of thiophene rings is 1. The highest BCUT2D eigenvalue weighted by atomic mass is 79.9. The van der Waals surface area contributed by atoms with Crippen molar-refractivity contribution in [1.82, 2.24) is 19.6 Å². The number of aryl methyl sites for hydroxylation is 2. The minimum atomic E-state index is 0.482. The molecular formula is C20H20BrClN4S. The zero-order chi connectivity index (χ0) is 19.3. The summed E-state index contributed by atoms with van der Waals surface area (Å²) in [5, 5.41) is 5.30. The van der Waals surface area contributed by atoms with E-state index in [1.54, 1.807) is 11.3 Å². The van der Waals surface area contributed by atoms with Gasteiger partial charge >= 0.3 is 0 Å². The van der Waals surface area contributed by atoms with Crippen LogP contribution in [0.1, 0.15) is 49.6 Å². The fourth-order valence-electron chi connectivity index (χ4n) is 3.64. The molecule has 0 saturated carbocycles. The molecule has 4 aromatic rings. The predicted octanol–water partition coefficient (Wildman–Crippen LogP) is 6.94. The standard InChI is InChI=1S/C20H20BrClN4S/c1-5-12(6-2)13-9-10(3)25-26-18(11(4)23-20(13)26)19-16(21)17-14(27-19)7-8-15(22)24-17/h7-9,12H,5-6H2,1-4H3. The van der Waals surface area contributed by atoms with Gasteiger partial charge < -0.3 is 0 Å². The SMILES string of the molecule is CCC(CC)c1cc(C)nn2c(-c3sc4ccc(Cl)nc4c3Br)c(C)nc12. The van der Waals surface area contributed by atoms with Crippen LogP contribution in [0.5, 0.6) is 0 Å². The Labute approximate surface area is 175 Å². The van der Waals surface area contributed by atoms with Gasteiger partial charge in [-0.05, 0) is 66.7 Å². The molecule has 0 aromatic carbocycles. The summed E-state index contributed by atoms with van der Waals surface area (Å²) < 4.78 is 4.04. The van der Waals surface area contributed by atoms with Crippen molar-refractivity contribution >= 4 is 54.7 Å². The number of rotatable bonds is 4. The molecule has 0 spiro atoms. The van der Waals surface area contributed by atoms with Gasteiger partial charge in [-0.25, -0.2) is 14.5 Å². The molecule has 0 bridgehead atoms. The summed E-state index contributed by atoms with van der Waals surface area (Å²) in [5.41, 5.74) is 6.11. The Morgan fingerprint density at radius 3 is 2.63 bits per heavy atom. The lowest BCUT2D eigenvalue weighted by atomic mass is 9.95. The highest BCUT2D eigenvalue weighted by Gasteiger charge is 2.23. The fraction of sp³-hybridized carbons (Fsp3) is 0.350. The molecule has 0 atom stereocenters. The summed E-state index contributed by atoms with van der Waals surface area (Å²) in [7, 11) is 0. The van der Waals surface area contributed by atoms with Gasteiger partial charge in [-0.1, -0.05) is 25.4 Å². The topological polar surface area (TPSA) is 43.1 Å². The second kappa shape index (κ2) is 7.15. The van der Waals surface area contributed by atoms with Gasteiger partial charge in [-0.2, -0.15) is 5.10 Å². The van der Waals surface area contributed by atoms with E-state index in [2.05, 4.69) is 40.8 Å². The maximum Gasteiger partial charge on any atom is 0.158 e. The minimum absolute atomic E-state index is 0.482. The molecule has 140 valence electrons. The van der Waals surface area contributed by atoms with Crippen molar-refractivity contribution in [3.63, 3.8) is 0 Å². The summed E-state index contributed by atoms with van der Waals surface area (Å²) in [6.45, 7) is 8.56. The molecule has 0 fully saturated rings. The monoisotopic (exact) mass is 462 g/mol. The summed E-state index contributed by atoms with van der Waals surface area (Å²) in [6.07, 6.45) is 2.18. The Morgan fingerprint density at radius 2 is 1.93 bits per heavy atom. The summed E-state index contributed by atoms with van der Waals surface area (Å²) >= 11 is 11.5. The van der Waals surface area contributed by atoms with Crippen LogP contribution in [0.25, 0.3) is 26.4 Å². The lowest BCUT2D eigenvalue weighted by molar-refractivity contribution is 0.638. The van der Waals surface area contributed by atoms with Crippen LogP contribution in [-0.4, -0.2) is 19.6 Å². The maximum absolute atomic E-state index is 6.10. The average Bonchev–Trinajstić information content (AvgIpc) is 3.12. The van der Waals surface area contributed by atoms with Crippen LogP contribution in [0.4, 0.5) is 0 Å². The van der Waals surface area contributed by atoms with Crippen molar-refractivity contribution < 1.29 is 0 Å². The Bertz CT molecular complexity index is 1160. The van der Waals surface area contributed by atoms with Crippen molar-refractivity contribution in [3.05, 3.63) is 44.8 Å². The fourth-order valence-corrected chi connectivity index (χ4v) is 5.77. The predicted molar refractivity (Wildman–Crippen MR) is 117 cm³/mol. The number of halogens is 2. The molecule has 4 rings (SSSR count). The van der Waals surface area contributed by atoms with Crippen LogP contribution in [0.3, 0.4) is 0 Å². The number of fused-ring (bicyclic) bond motifs is 2. The highest BCUT2D eigenvalue weighted by molar-refractivity contribution is 9.10. The molecule has 27 heavy (non-hydrogen) atoms. The summed E-state index contributed by atoms with van der Waals surface area (Å²) in [4.78, 5) is 10.5. The lowest BCUT2D eigenvalue weighted by Gasteiger charge is -2.14. The number of pyridine rings is 1. The zero-order valence-electron chi connectivity index (χ0n) is 15.7. The van der Waals surface area contributed by atoms with Crippen LogP contribution >= 0.6 is 38.9 Å². The molecule has 4 nitrogen and oxygen atoms in total. The van der Waals surface area contributed by atoms with Gasteiger partial charge in [0, 0.05) is 5.56 Å². The molecule has 7 heteroatoms. The molecule has 4 aromatic heterocycles. The second-order valence-electron chi connectivity index (χ2n) is 6.76. The van der Waals surface area contributed by atoms with Crippen molar-refractivity contribution in [2.75, 3.05) is 0 Å². The van der Waals surface area contributed by atoms with E-state index in [1.165, 1.54) is 5.56 Å². The lowest BCUT2D eigenvalue weighted by Crippen LogP contribution is -2.04. The number of hydrogen-bond donors (Lipinski definition) is 0. The first kappa shape index (κ1) is 18.8. The first-order chi connectivity index (χ1) is 12.9. The Hall–Kier alpha value is -1.50. The van der Waals surface area contributed by atoms with E-state index >= 15 is 0 Å². The van der Waals surface area contributed by atoms with E-state index in [4.69, 9.17) is 21.7 Å². The number of hydrogen-bond acceptors (Lipinski definition) is 4. The van der Waals surface area contributed by atoms with Gasteiger partial charge in [-0.3, -0.25) is 0 Å². The zero-order valence-corrected chi connectivity index (χ0v) is 18.8. The van der Waals surface area contributed by atoms with Crippen molar-refractivity contribution in [2.24, 2.45) is 0 Å². The maximum atomic E-state index is 6.10. The molecular weight excluding hydrogens is 444 g/mol. The number of nitrogens with zero attached hydrogens (tertiary/aromatic N) is 4. The summed E-state index contributed by atoms with van der Waals surface area (Å²) in [6, 6.07) is 6.02. The van der Waals surface area contributed by atoms with E-state index < -0.39 is 0 Å². The highest BCUT2D eigenvalue weighted by Crippen LogP contribution is 2.43. The Balaban J connectivity index is 2.03. The van der Waals surface area contributed by atoms with Crippen LogP contribution < -0.4 is 0 Å².